The van der Waals surface area contributed by atoms with E-state index in [0.29, 0.717) is 17.0 Å². The van der Waals surface area contributed by atoms with Crippen molar-refractivity contribution in [1.82, 2.24) is 15.0 Å². The first-order valence-corrected chi connectivity index (χ1v) is 7.48. The second-order valence-electron chi connectivity index (χ2n) is 5.06. The number of benzene rings is 1. The van der Waals surface area contributed by atoms with Crippen LogP contribution in [0.5, 0.6) is 0 Å². The summed E-state index contributed by atoms with van der Waals surface area (Å²) < 4.78 is 0.0825. The van der Waals surface area contributed by atoms with Gasteiger partial charge >= 0.3 is 5.97 Å². The van der Waals surface area contributed by atoms with Crippen LogP contribution in [-0.4, -0.2) is 26.0 Å². The number of hydrogen-bond donors (Lipinski definition) is 3. The number of pyridine rings is 1. The molecule has 2 aromatic heterocycles. The van der Waals surface area contributed by atoms with Crippen LogP contribution in [0.3, 0.4) is 0 Å². The summed E-state index contributed by atoms with van der Waals surface area (Å²) in [5.41, 5.74) is 1.09. The Morgan fingerprint density at radius 1 is 1.16 bits per heavy atom. The summed E-state index contributed by atoms with van der Waals surface area (Å²) in [6.07, 6.45) is 0. The molecule has 0 unspecified atom stereocenters. The smallest absolute Gasteiger partial charge is 0.335 e. The number of aromatic carboxylic acids is 1. The second kappa shape index (κ2) is 6.51. The Bertz CT molecular complexity index is 1140. The molecule has 8 heteroatoms. The van der Waals surface area contributed by atoms with Crippen molar-refractivity contribution in [3.63, 3.8) is 0 Å². The van der Waals surface area contributed by atoms with Crippen LogP contribution >= 0.6 is 12.2 Å². The summed E-state index contributed by atoms with van der Waals surface area (Å²) >= 11 is 4.95. The van der Waals surface area contributed by atoms with Gasteiger partial charge in [0.05, 0.1) is 22.6 Å². The largest absolute Gasteiger partial charge is 0.478 e. The Kier molecular flexibility index (Phi) is 4.24. The SMILES string of the molecule is N#Cc1c(-c2cccc(-c3cccc(C(=O)O)c3)n2)[nH]c(=S)[nH]c1=O. The quantitative estimate of drug-likeness (QED) is 0.624. The number of hydrogen-bond acceptors (Lipinski definition) is 5. The summed E-state index contributed by atoms with van der Waals surface area (Å²) in [6.45, 7) is 0. The molecule has 0 amide bonds. The number of aromatic nitrogens is 3. The van der Waals surface area contributed by atoms with E-state index in [2.05, 4.69) is 15.0 Å². The molecule has 0 aliphatic rings. The van der Waals surface area contributed by atoms with Crippen LogP contribution in [0.2, 0.25) is 0 Å². The van der Waals surface area contributed by atoms with E-state index < -0.39 is 11.5 Å². The number of aromatic amines is 2. The lowest BCUT2D eigenvalue weighted by Gasteiger charge is -2.07. The first-order chi connectivity index (χ1) is 12.0. The monoisotopic (exact) mass is 350 g/mol. The number of carbonyl (C=O) groups is 1. The van der Waals surface area contributed by atoms with E-state index in [4.69, 9.17) is 17.3 Å². The minimum absolute atomic E-state index is 0.0825. The molecule has 0 aliphatic heterocycles. The molecule has 25 heavy (non-hydrogen) atoms. The molecular formula is C17H10N4O3S. The predicted molar refractivity (Wildman–Crippen MR) is 92.6 cm³/mol. The third kappa shape index (κ3) is 3.22. The molecule has 0 fully saturated rings. The van der Waals surface area contributed by atoms with E-state index in [9.17, 15) is 14.9 Å². The maximum Gasteiger partial charge on any atom is 0.335 e. The highest BCUT2D eigenvalue weighted by atomic mass is 32.1. The number of carboxylic acids is 1. The molecule has 0 atom stereocenters. The molecule has 0 saturated heterocycles. The minimum Gasteiger partial charge on any atom is -0.478 e. The third-order valence-electron chi connectivity index (χ3n) is 3.46. The normalized spacial score (nSPS) is 10.2. The van der Waals surface area contributed by atoms with Gasteiger partial charge in [0.15, 0.2) is 4.77 Å². The highest BCUT2D eigenvalue weighted by Gasteiger charge is 2.13. The van der Waals surface area contributed by atoms with Gasteiger partial charge in [0.2, 0.25) is 0 Å². The van der Waals surface area contributed by atoms with Crippen molar-refractivity contribution in [2.75, 3.05) is 0 Å². The van der Waals surface area contributed by atoms with E-state index in [0.717, 1.165) is 0 Å². The zero-order chi connectivity index (χ0) is 18.0. The Labute approximate surface area is 146 Å². The molecular weight excluding hydrogens is 340 g/mol. The van der Waals surface area contributed by atoms with Gasteiger partial charge in [-0.15, -0.1) is 0 Å². The van der Waals surface area contributed by atoms with Gasteiger partial charge in [-0.05, 0) is 36.5 Å². The summed E-state index contributed by atoms with van der Waals surface area (Å²) in [7, 11) is 0. The molecule has 0 spiro atoms. The molecule has 0 saturated carbocycles. The number of nitrogens with zero attached hydrogens (tertiary/aromatic N) is 2. The lowest BCUT2D eigenvalue weighted by molar-refractivity contribution is 0.0697. The maximum atomic E-state index is 11.9. The highest BCUT2D eigenvalue weighted by Crippen LogP contribution is 2.23. The lowest BCUT2D eigenvalue weighted by Crippen LogP contribution is -2.14. The van der Waals surface area contributed by atoms with Crippen molar-refractivity contribution in [2.45, 2.75) is 0 Å². The molecule has 3 rings (SSSR count). The maximum absolute atomic E-state index is 11.9. The standard InChI is InChI=1S/C17H10N4O3S/c18-8-11-14(20-17(25)21-15(11)22)13-6-2-5-12(19-13)9-3-1-4-10(7-9)16(23)24/h1-7H,(H,23,24)(H2,20,21,22,25). The lowest BCUT2D eigenvalue weighted by atomic mass is 10.1. The third-order valence-corrected chi connectivity index (χ3v) is 3.67. The van der Waals surface area contributed by atoms with Crippen molar-refractivity contribution in [3.05, 3.63) is 68.7 Å². The molecule has 2 heterocycles. The van der Waals surface area contributed by atoms with Gasteiger partial charge in [-0.1, -0.05) is 18.2 Å². The van der Waals surface area contributed by atoms with Crippen LogP contribution < -0.4 is 5.56 Å². The zero-order valence-electron chi connectivity index (χ0n) is 12.6. The highest BCUT2D eigenvalue weighted by molar-refractivity contribution is 7.71. The summed E-state index contributed by atoms with van der Waals surface area (Å²) in [5, 5.41) is 18.3. The van der Waals surface area contributed by atoms with E-state index in [1.807, 2.05) is 6.07 Å². The van der Waals surface area contributed by atoms with Gasteiger partial charge < -0.3 is 10.1 Å². The second-order valence-corrected chi connectivity index (χ2v) is 5.47. The van der Waals surface area contributed by atoms with E-state index in [1.54, 1.807) is 30.3 Å². The van der Waals surface area contributed by atoms with Crippen molar-refractivity contribution in [2.24, 2.45) is 0 Å². The molecule has 3 N–H and O–H groups in total. The molecule has 0 aliphatic carbocycles. The number of nitrogens with one attached hydrogen (secondary N) is 2. The Hall–Kier alpha value is -3.57. The van der Waals surface area contributed by atoms with Crippen molar-refractivity contribution in [3.8, 4) is 28.7 Å². The predicted octanol–water partition coefficient (Wildman–Crippen LogP) is 2.73. The Balaban J connectivity index is 2.18. The average molecular weight is 350 g/mol. The number of rotatable bonds is 3. The first kappa shape index (κ1) is 16.3. The van der Waals surface area contributed by atoms with Crippen LogP contribution in [0.1, 0.15) is 15.9 Å². The van der Waals surface area contributed by atoms with Gasteiger partial charge in [-0.25, -0.2) is 9.78 Å². The van der Waals surface area contributed by atoms with Crippen molar-refractivity contribution < 1.29 is 9.90 Å². The topological polar surface area (TPSA) is 123 Å². The van der Waals surface area contributed by atoms with Gasteiger partial charge in [-0.3, -0.25) is 9.78 Å². The van der Waals surface area contributed by atoms with Crippen LogP contribution in [-0.2, 0) is 0 Å². The van der Waals surface area contributed by atoms with Crippen LogP contribution in [0.25, 0.3) is 22.6 Å². The van der Waals surface area contributed by atoms with E-state index >= 15 is 0 Å². The molecule has 0 bridgehead atoms. The summed E-state index contributed by atoms with van der Waals surface area (Å²) in [4.78, 5) is 32.6. The van der Waals surface area contributed by atoms with Crippen LogP contribution in [0.15, 0.2) is 47.3 Å². The van der Waals surface area contributed by atoms with E-state index in [1.165, 1.54) is 12.1 Å². The van der Waals surface area contributed by atoms with Crippen molar-refractivity contribution in [1.29, 1.82) is 5.26 Å². The molecule has 1 aromatic carbocycles. The molecule has 7 nitrogen and oxygen atoms in total. The van der Waals surface area contributed by atoms with Gasteiger partial charge in [0.25, 0.3) is 5.56 Å². The summed E-state index contributed by atoms with van der Waals surface area (Å²) in [5.74, 6) is -1.04. The fourth-order valence-electron chi connectivity index (χ4n) is 2.33. The fourth-order valence-corrected chi connectivity index (χ4v) is 2.53. The van der Waals surface area contributed by atoms with Crippen molar-refractivity contribution >= 4 is 18.2 Å². The molecule has 3 aromatic rings. The minimum atomic E-state index is -1.04. The Morgan fingerprint density at radius 2 is 1.88 bits per heavy atom. The number of H-pyrrole nitrogens is 2. The zero-order valence-corrected chi connectivity index (χ0v) is 13.4. The molecule has 122 valence electrons. The average Bonchev–Trinajstić information content (AvgIpc) is 2.61. The van der Waals surface area contributed by atoms with E-state index in [-0.39, 0.29) is 21.6 Å². The van der Waals surface area contributed by atoms with Crippen LogP contribution in [0.4, 0.5) is 0 Å². The first-order valence-electron chi connectivity index (χ1n) is 7.07. The van der Waals surface area contributed by atoms with Crippen LogP contribution in [0, 0.1) is 16.1 Å². The Morgan fingerprint density at radius 3 is 2.60 bits per heavy atom. The number of nitriles is 1. The summed E-state index contributed by atoms with van der Waals surface area (Å²) in [6, 6.07) is 13.2. The van der Waals surface area contributed by atoms with Gasteiger partial charge in [0.1, 0.15) is 11.6 Å². The fraction of sp³-hybridized carbons (Fsp3) is 0. The number of carboxylic acid groups (broad SMARTS) is 1. The van der Waals surface area contributed by atoms with Gasteiger partial charge in [-0.2, -0.15) is 5.26 Å². The van der Waals surface area contributed by atoms with Gasteiger partial charge in [0, 0.05) is 5.56 Å². The molecule has 0 radical (unpaired) electrons.